The summed E-state index contributed by atoms with van der Waals surface area (Å²) in [5.41, 5.74) is 3.09. The standard InChI is InChI=1S/C32H33N7O3/c1-21-5-6-22(15-33)13-26(21)30(40)37-32(4)9-11-38(12-10-32)28-8-7-23(17-35-28)27-14-25(42-20-31(2,3)41)19-39-29(27)24(16-34)18-36-39/h5-8,13-14,17-19,41H,9-12,20H2,1-4H3,(H,37,40). The summed E-state index contributed by atoms with van der Waals surface area (Å²) < 4.78 is 7.44. The molecule has 42 heavy (non-hydrogen) atoms. The van der Waals surface area contributed by atoms with E-state index >= 15 is 0 Å². The zero-order valence-corrected chi connectivity index (χ0v) is 24.2. The number of hydrogen-bond donors (Lipinski definition) is 2. The minimum Gasteiger partial charge on any atom is -0.489 e. The van der Waals surface area contributed by atoms with Crippen LogP contribution in [0.3, 0.4) is 0 Å². The highest BCUT2D eigenvalue weighted by molar-refractivity contribution is 5.96. The third-order valence-electron chi connectivity index (χ3n) is 7.58. The van der Waals surface area contributed by atoms with Crippen molar-refractivity contribution in [3.63, 3.8) is 0 Å². The van der Waals surface area contributed by atoms with Gasteiger partial charge in [0, 0.05) is 41.5 Å². The van der Waals surface area contributed by atoms with E-state index in [4.69, 9.17) is 9.72 Å². The van der Waals surface area contributed by atoms with E-state index in [1.54, 1.807) is 49.0 Å². The van der Waals surface area contributed by atoms with Crippen molar-refractivity contribution in [1.82, 2.24) is 19.9 Å². The van der Waals surface area contributed by atoms with E-state index in [0.29, 0.717) is 41.0 Å². The molecule has 10 heteroatoms. The molecule has 1 saturated heterocycles. The molecule has 1 aliphatic rings. The number of nitriles is 2. The van der Waals surface area contributed by atoms with Gasteiger partial charge in [-0.1, -0.05) is 6.07 Å². The molecule has 1 aromatic carbocycles. The van der Waals surface area contributed by atoms with E-state index in [2.05, 4.69) is 34.4 Å². The topological polar surface area (TPSA) is 140 Å². The fraction of sp³-hybridized carbons (Fsp3) is 0.344. The molecule has 0 unspecified atom stereocenters. The Morgan fingerprint density at radius 3 is 2.55 bits per heavy atom. The molecule has 3 aromatic heterocycles. The number of anilines is 1. The molecule has 0 radical (unpaired) electrons. The highest BCUT2D eigenvalue weighted by Crippen LogP contribution is 2.32. The highest BCUT2D eigenvalue weighted by Gasteiger charge is 2.32. The Kier molecular flexibility index (Phi) is 7.59. The summed E-state index contributed by atoms with van der Waals surface area (Å²) in [4.78, 5) is 20.0. The average Bonchev–Trinajstić information content (AvgIpc) is 3.39. The zero-order valence-electron chi connectivity index (χ0n) is 24.2. The second-order valence-corrected chi connectivity index (χ2v) is 11.7. The average molecular weight is 564 g/mol. The van der Waals surface area contributed by atoms with Gasteiger partial charge in [-0.25, -0.2) is 9.50 Å². The van der Waals surface area contributed by atoms with Crippen LogP contribution in [0.15, 0.2) is 55.0 Å². The molecule has 5 rings (SSSR count). The van der Waals surface area contributed by atoms with Crippen LogP contribution >= 0.6 is 0 Å². The number of aryl methyl sites for hydroxylation is 1. The van der Waals surface area contributed by atoms with Crippen molar-refractivity contribution in [3.8, 4) is 29.0 Å². The molecule has 2 N–H and O–H groups in total. The van der Waals surface area contributed by atoms with Gasteiger partial charge in [-0.05, 0) is 76.4 Å². The van der Waals surface area contributed by atoms with Gasteiger partial charge in [0.25, 0.3) is 5.91 Å². The van der Waals surface area contributed by atoms with E-state index in [1.165, 1.54) is 6.20 Å². The van der Waals surface area contributed by atoms with E-state index in [0.717, 1.165) is 35.3 Å². The largest absolute Gasteiger partial charge is 0.489 e. The number of fused-ring (bicyclic) bond motifs is 1. The number of ether oxygens (including phenoxy) is 1. The molecule has 1 fully saturated rings. The second-order valence-electron chi connectivity index (χ2n) is 11.7. The van der Waals surface area contributed by atoms with E-state index in [1.807, 2.05) is 25.1 Å². The number of aromatic nitrogens is 3. The molecule has 4 heterocycles. The Balaban J connectivity index is 1.31. The molecule has 0 atom stereocenters. The normalized spacial score (nSPS) is 14.7. The van der Waals surface area contributed by atoms with Gasteiger partial charge in [-0.3, -0.25) is 4.79 Å². The minimum atomic E-state index is -1.00. The number of carbonyl (C=O) groups excluding carboxylic acids is 1. The summed E-state index contributed by atoms with van der Waals surface area (Å²) in [7, 11) is 0. The lowest BCUT2D eigenvalue weighted by molar-refractivity contribution is 0.0283. The maximum absolute atomic E-state index is 13.1. The molecule has 1 aliphatic heterocycles. The second kappa shape index (κ2) is 11.2. The fourth-order valence-electron chi connectivity index (χ4n) is 5.10. The lowest BCUT2D eigenvalue weighted by Crippen LogP contribution is -2.53. The monoisotopic (exact) mass is 563 g/mol. The molecular weight excluding hydrogens is 530 g/mol. The van der Waals surface area contributed by atoms with Crippen LogP contribution in [0, 0.1) is 29.6 Å². The predicted octanol–water partition coefficient (Wildman–Crippen LogP) is 4.39. The van der Waals surface area contributed by atoms with Crippen LogP contribution in [0.5, 0.6) is 5.75 Å². The van der Waals surface area contributed by atoms with Crippen LogP contribution in [0.2, 0.25) is 0 Å². The van der Waals surface area contributed by atoms with Gasteiger partial charge in [-0.15, -0.1) is 0 Å². The van der Waals surface area contributed by atoms with Crippen LogP contribution in [0.4, 0.5) is 5.82 Å². The first-order chi connectivity index (χ1) is 20.0. The van der Waals surface area contributed by atoms with Crippen molar-refractivity contribution in [2.45, 2.75) is 51.7 Å². The van der Waals surface area contributed by atoms with Crippen molar-refractivity contribution in [2.24, 2.45) is 0 Å². The molecule has 10 nitrogen and oxygen atoms in total. The number of amides is 1. The van der Waals surface area contributed by atoms with E-state index in [-0.39, 0.29) is 18.1 Å². The smallest absolute Gasteiger partial charge is 0.252 e. The minimum absolute atomic E-state index is 0.0989. The molecule has 0 aliphatic carbocycles. The van der Waals surface area contributed by atoms with Crippen molar-refractivity contribution in [1.29, 1.82) is 10.5 Å². The maximum Gasteiger partial charge on any atom is 0.252 e. The zero-order chi connectivity index (χ0) is 30.1. The van der Waals surface area contributed by atoms with Gasteiger partial charge >= 0.3 is 0 Å². The molecule has 214 valence electrons. The number of carbonyl (C=O) groups is 1. The first-order valence-electron chi connectivity index (χ1n) is 13.8. The van der Waals surface area contributed by atoms with Gasteiger partial charge < -0.3 is 20.1 Å². The SMILES string of the molecule is Cc1ccc(C#N)cc1C(=O)NC1(C)CCN(c2ccc(-c3cc(OCC(C)(C)O)cn4ncc(C#N)c34)cn2)CC1. The van der Waals surface area contributed by atoms with Crippen molar-refractivity contribution in [2.75, 3.05) is 24.6 Å². The molecule has 0 spiro atoms. The van der Waals surface area contributed by atoms with Gasteiger partial charge in [0.1, 0.15) is 24.2 Å². The highest BCUT2D eigenvalue weighted by atomic mass is 16.5. The van der Waals surface area contributed by atoms with Crippen LogP contribution in [0.1, 0.15) is 60.7 Å². The maximum atomic E-state index is 13.1. The molecule has 0 saturated carbocycles. The third-order valence-corrected chi connectivity index (χ3v) is 7.58. The van der Waals surface area contributed by atoms with Gasteiger partial charge in [0.05, 0.1) is 40.7 Å². The number of nitrogens with one attached hydrogen (secondary N) is 1. The summed E-state index contributed by atoms with van der Waals surface area (Å²) in [5, 5.41) is 36.5. The summed E-state index contributed by atoms with van der Waals surface area (Å²) >= 11 is 0. The van der Waals surface area contributed by atoms with Crippen molar-refractivity contribution >= 4 is 17.2 Å². The molecule has 4 aromatic rings. The lowest BCUT2D eigenvalue weighted by atomic mass is 9.89. The Labute approximate surface area is 244 Å². The molecule has 0 bridgehead atoms. The van der Waals surface area contributed by atoms with Crippen molar-refractivity contribution < 1.29 is 14.6 Å². The van der Waals surface area contributed by atoms with E-state index in [9.17, 15) is 20.4 Å². The van der Waals surface area contributed by atoms with Crippen molar-refractivity contribution in [3.05, 3.63) is 77.2 Å². The van der Waals surface area contributed by atoms with Crippen LogP contribution in [0.25, 0.3) is 16.6 Å². The summed E-state index contributed by atoms with van der Waals surface area (Å²) in [6.45, 7) is 8.79. The predicted molar refractivity (Wildman–Crippen MR) is 158 cm³/mol. The first kappa shape index (κ1) is 28.6. The van der Waals surface area contributed by atoms with Gasteiger partial charge in [0.2, 0.25) is 0 Å². The number of nitrogens with zero attached hydrogens (tertiary/aromatic N) is 6. The summed E-state index contributed by atoms with van der Waals surface area (Å²) in [6, 6.07) is 15.2. The van der Waals surface area contributed by atoms with Crippen LogP contribution in [-0.4, -0.2) is 56.4 Å². The summed E-state index contributed by atoms with van der Waals surface area (Å²) in [5.74, 6) is 1.17. The third kappa shape index (κ3) is 6.04. The number of pyridine rings is 2. The number of benzene rings is 1. The Morgan fingerprint density at radius 2 is 1.90 bits per heavy atom. The Hall–Kier alpha value is -4.93. The number of piperidine rings is 1. The van der Waals surface area contributed by atoms with Crippen LogP contribution in [-0.2, 0) is 0 Å². The fourth-order valence-corrected chi connectivity index (χ4v) is 5.10. The van der Waals surface area contributed by atoms with E-state index < -0.39 is 5.60 Å². The quantitative estimate of drug-likeness (QED) is 0.338. The Morgan fingerprint density at radius 1 is 1.14 bits per heavy atom. The van der Waals surface area contributed by atoms with Gasteiger partial charge in [0.15, 0.2) is 0 Å². The number of aliphatic hydroxyl groups is 1. The summed E-state index contributed by atoms with van der Waals surface area (Å²) in [6.07, 6.45) is 6.46. The molecular formula is C32H33N7O3. The van der Waals surface area contributed by atoms with Gasteiger partial charge in [-0.2, -0.15) is 15.6 Å². The number of rotatable bonds is 7. The van der Waals surface area contributed by atoms with Crippen LogP contribution < -0.4 is 15.0 Å². The molecule has 1 amide bonds. The lowest BCUT2D eigenvalue weighted by Gasteiger charge is -2.40. The first-order valence-corrected chi connectivity index (χ1v) is 13.8. The Bertz CT molecular complexity index is 1710. The number of hydrogen-bond acceptors (Lipinski definition) is 8.